The molecule has 150 valence electrons. The van der Waals surface area contributed by atoms with Crippen molar-refractivity contribution in [2.75, 3.05) is 0 Å². The van der Waals surface area contributed by atoms with E-state index in [0.29, 0.717) is 6.42 Å². The monoisotopic (exact) mass is 401 g/mol. The van der Waals surface area contributed by atoms with Gasteiger partial charge in [0.1, 0.15) is 0 Å². The average Bonchev–Trinajstić information content (AvgIpc) is 2.75. The number of carbonyl (C=O) groups excluding carboxylic acids is 1. The predicted molar refractivity (Wildman–Crippen MR) is 125 cm³/mol. The molecule has 0 fully saturated rings. The van der Waals surface area contributed by atoms with Crippen molar-refractivity contribution < 1.29 is 4.79 Å². The van der Waals surface area contributed by atoms with E-state index in [9.17, 15) is 4.79 Å². The summed E-state index contributed by atoms with van der Waals surface area (Å²) in [4.78, 5) is 12.9. The second-order valence-corrected chi connectivity index (χ2v) is 13.3. The van der Waals surface area contributed by atoms with Crippen molar-refractivity contribution in [1.82, 2.24) is 5.32 Å². The fourth-order valence-corrected chi connectivity index (χ4v) is 5.86. The molecule has 1 amide bonds. The maximum atomic E-state index is 12.9. The number of aryl methyl sites for hydroxylation is 1. The van der Waals surface area contributed by atoms with Gasteiger partial charge in [0.2, 0.25) is 5.91 Å². The first kappa shape index (κ1) is 21.1. The van der Waals surface area contributed by atoms with Crippen LogP contribution in [0.1, 0.15) is 29.2 Å². The molecular formula is C26H31NOSi. The number of hydrogen-bond donors (Lipinski definition) is 1. The first-order chi connectivity index (χ1) is 13.9. The maximum absolute atomic E-state index is 12.9. The highest BCUT2D eigenvalue weighted by atomic mass is 28.3. The summed E-state index contributed by atoms with van der Waals surface area (Å²) in [6.45, 7) is 6.78. The van der Waals surface area contributed by atoms with Crippen LogP contribution in [0.3, 0.4) is 0 Å². The summed E-state index contributed by atoms with van der Waals surface area (Å²) in [5.41, 5.74) is 3.65. The van der Waals surface area contributed by atoms with Gasteiger partial charge in [-0.25, -0.2) is 0 Å². The highest BCUT2D eigenvalue weighted by molar-refractivity contribution is 6.89. The van der Waals surface area contributed by atoms with Crippen molar-refractivity contribution in [3.8, 4) is 0 Å². The molecule has 2 nitrogen and oxygen atoms in total. The molecule has 1 N–H and O–H groups in total. The van der Waals surface area contributed by atoms with Crippen LogP contribution in [0.25, 0.3) is 0 Å². The molecule has 0 spiro atoms. The lowest BCUT2D eigenvalue weighted by atomic mass is 9.98. The number of hydrogen-bond acceptors (Lipinski definition) is 1. The van der Waals surface area contributed by atoms with Gasteiger partial charge in [0, 0.05) is 6.42 Å². The topological polar surface area (TPSA) is 29.1 Å². The lowest BCUT2D eigenvalue weighted by Crippen LogP contribution is -2.42. The van der Waals surface area contributed by atoms with Gasteiger partial charge in [-0.3, -0.25) is 4.79 Å². The molecule has 0 aliphatic carbocycles. The highest BCUT2D eigenvalue weighted by Crippen LogP contribution is 2.20. The Morgan fingerprint density at radius 1 is 0.862 bits per heavy atom. The third kappa shape index (κ3) is 6.16. The van der Waals surface area contributed by atoms with Crippen LogP contribution >= 0.6 is 0 Å². The molecule has 3 heteroatoms. The van der Waals surface area contributed by atoms with Gasteiger partial charge < -0.3 is 5.32 Å². The number of nitrogens with one attached hydrogen (secondary N) is 1. The molecule has 3 aromatic carbocycles. The van der Waals surface area contributed by atoms with Crippen molar-refractivity contribution in [3.05, 3.63) is 102 Å². The summed E-state index contributed by atoms with van der Waals surface area (Å²) in [7, 11) is -1.61. The summed E-state index contributed by atoms with van der Waals surface area (Å²) in [5, 5.41) is 4.71. The predicted octanol–water partition coefficient (Wildman–Crippen LogP) is 5.40. The molecular weight excluding hydrogens is 370 g/mol. The second kappa shape index (κ2) is 9.70. The molecule has 0 saturated carbocycles. The fraction of sp³-hybridized carbons (Fsp3) is 0.269. The zero-order valence-corrected chi connectivity index (χ0v) is 18.7. The van der Waals surface area contributed by atoms with Gasteiger partial charge in [-0.15, -0.1) is 0 Å². The Morgan fingerprint density at radius 2 is 1.45 bits per heavy atom. The Balaban J connectivity index is 1.67. The lowest BCUT2D eigenvalue weighted by Gasteiger charge is -2.24. The van der Waals surface area contributed by atoms with Gasteiger partial charge in [0.15, 0.2) is 0 Å². The first-order valence-corrected chi connectivity index (χ1v) is 13.6. The van der Waals surface area contributed by atoms with E-state index in [1.54, 1.807) is 0 Å². The Kier molecular flexibility index (Phi) is 7.05. The van der Waals surface area contributed by atoms with Gasteiger partial charge >= 0.3 is 0 Å². The van der Waals surface area contributed by atoms with Gasteiger partial charge in [-0.1, -0.05) is 109 Å². The van der Waals surface area contributed by atoms with Crippen LogP contribution in [0.2, 0.25) is 19.1 Å². The van der Waals surface area contributed by atoms with Crippen molar-refractivity contribution in [3.63, 3.8) is 0 Å². The molecule has 29 heavy (non-hydrogen) atoms. The van der Waals surface area contributed by atoms with E-state index in [2.05, 4.69) is 92.1 Å². The Labute approximate surface area is 176 Å². The molecule has 3 rings (SSSR count). The van der Waals surface area contributed by atoms with E-state index in [-0.39, 0.29) is 11.9 Å². The number of benzene rings is 3. The van der Waals surface area contributed by atoms with Gasteiger partial charge in [-0.2, -0.15) is 0 Å². The van der Waals surface area contributed by atoms with E-state index < -0.39 is 8.07 Å². The summed E-state index contributed by atoms with van der Waals surface area (Å²) >= 11 is 0. The zero-order valence-electron chi connectivity index (χ0n) is 17.7. The van der Waals surface area contributed by atoms with Gasteiger partial charge in [0.05, 0.1) is 14.1 Å². The molecule has 0 aromatic heterocycles. The van der Waals surface area contributed by atoms with E-state index in [4.69, 9.17) is 0 Å². The van der Waals surface area contributed by atoms with Crippen LogP contribution < -0.4 is 10.5 Å². The Morgan fingerprint density at radius 3 is 2.07 bits per heavy atom. The Bertz CT molecular complexity index is 904. The first-order valence-electron chi connectivity index (χ1n) is 10.4. The number of carbonyl (C=O) groups is 1. The summed E-state index contributed by atoms with van der Waals surface area (Å²) in [5.74, 6) is 0.141. The van der Waals surface area contributed by atoms with Crippen molar-refractivity contribution in [2.24, 2.45) is 0 Å². The molecule has 0 aliphatic heterocycles. The van der Waals surface area contributed by atoms with Gasteiger partial charge in [0.25, 0.3) is 0 Å². The second-order valence-electron chi connectivity index (χ2n) is 8.47. The molecule has 1 atom stereocenters. The third-order valence-electron chi connectivity index (χ3n) is 5.63. The molecule has 0 heterocycles. The maximum Gasteiger partial charge on any atom is 0.220 e. The summed E-state index contributed by atoms with van der Waals surface area (Å²) < 4.78 is 0. The van der Waals surface area contributed by atoms with E-state index in [1.807, 2.05) is 18.2 Å². The molecule has 0 radical (unpaired) electrons. The van der Waals surface area contributed by atoms with Crippen LogP contribution in [0, 0.1) is 6.92 Å². The van der Waals surface area contributed by atoms with Crippen molar-refractivity contribution in [1.29, 1.82) is 0 Å². The van der Waals surface area contributed by atoms with E-state index in [0.717, 1.165) is 18.0 Å². The average molecular weight is 402 g/mol. The molecule has 1 unspecified atom stereocenters. The SMILES string of the molecule is Cc1ccc(CC(NC(=O)CC[Si](C)(C)c2ccccc2)c2ccccc2)cc1. The Hall–Kier alpha value is -2.65. The summed E-state index contributed by atoms with van der Waals surface area (Å²) in [6.07, 6.45) is 1.38. The molecule has 0 aliphatic rings. The zero-order chi connectivity index (χ0) is 20.7. The van der Waals surface area contributed by atoms with E-state index >= 15 is 0 Å². The third-order valence-corrected chi connectivity index (χ3v) is 9.03. The van der Waals surface area contributed by atoms with Crippen LogP contribution in [0.15, 0.2) is 84.9 Å². The molecule has 3 aromatic rings. The van der Waals surface area contributed by atoms with Crippen LogP contribution in [-0.2, 0) is 11.2 Å². The van der Waals surface area contributed by atoms with Crippen molar-refractivity contribution in [2.45, 2.75) is 44.9 Å². The molecule has 0 saturated heterocycles. The standard InChI is InChI=1S/C26H31NOSi/c1-21-14-16-22(17-15-21)20-25(23-10-6-4-7-11-23)27-26(28)18-19-29(2,3)24-12-8-5-9-13-24/h4-17,25H,18-20H2,1-3H3,(H,27,28). The largest absolute Gasteiger partial charge is 0.349 e. The minimum atomic E-state index is -1.61. The minimum Gasteiger partial charge on any atom is -0.349 e. The van der Waals surface area contributed by atoms with Crippen LogP contribution in [0.4, 0.5) is 0 Å². The van der Waals surface area contributed by atoms with Crippen LogP contribution in [0.5, 0.6) is 0 Å². The fourth-order valence-electron chi connectivity index (χ4n) is 3.62. The number of rotatable bonds is 8. The van der Waals surface area contributed by atoms with E-state index in [1.165, 1.54) is 16.3 Å². The van der Waals surface area contributed by atoms with Crippen LogP contribution in [-0.4, -0.2) is 14.0 Å². The summed E-state index contributed by atoms with van der Waals surface area (Å²) in [6, 6.07) is 30.5. The molecule has 0 bridgehead atoms. The number of amides is 1. The quantitative estimate of drug-likeness (QED) is 0.503. The normalized spacial score (nSPS) is 12.4. The van der Waals surface area contributed by atoms with Crippen molar-refractivity contribution >= 4 is 19.2 Å². The lowest BCUT2D eigenvalue weighted by molar-refractivity contribution is -0.121. The van der Waals surface area contributed by atoms with Gasteiger partial charge in [-0.05, 0) is 30.5 Å². The minimum absolute atomic E-state index is 0.00656. The smallest absolute Gasteiger partial charge is 0.220 e. The highest BCUT2D eigenvalue weighted by Gasteiger charge is 2.25.